The zero-order chi connectivity index (χ0) is 13.6. The fraction of sp³-hybridized carbons (Fsp3) is 0.600. The molecule has 0 aromatic heterocycles. The summed E-state index contributed by atoms with van der Waals surface area (Å²) in [5.41, 5.74) is 2.79. The monoisotopic (exact) mass is 264 g/mol. The summed E-state index contributed by atoms with van der Waals surface area (Å²) in [5, 5.41) is 19.9. The first-order valence-electron chi connectivity index (χ1n) is 6.92. The third-order valence-corrected chi connectivity index (χ3v) is 4.43. The van der Waals surface area contributed by atoms with Crippen LogP contribution in [0.15, 0.2) is 0 Å². The molecule has 3 rings (SSSR count). The van der Waals surface area contributed by atoms with Crippen molar-refractivity contribution in [2.75, 3.05) is 13.4 Å². The number of fused-ring (bicyclic) bond motifs is 3. The van der Waals surface area contributed by atoms with Crippen LogP contribution in [0.2, 0.25) is 0 Å². The summed E-state index contributed by atoms with van der Waals surface area (Å²) in [6.45, 7) is 4.38. The van der Waals surface area contributed by atoms with Crippen LogP contribution in [-0.4, -0.2) is 23.6 Å². The van der Waals surface area contributed by atoms with E-state index in [9.17, 15) is 10.2 Å². The molecule has 1 aromatic carbocycles. The van der Waals surface area contributed by atoms with Gasteiger partial charge in [-0.2, -0.15) is 0 Å². The molecule has 1 aliphatic carbocycles. The second kappa shape index (κ2) is 4.60. The number of aliphatic hydroxyl groups is 1. The van der Waals surface area contributed by atoms with Crippen molar-refractivity contribution in [1.29, 1.82) is 0 Å². The fourth-order valence-electron chi connectivity index (χ4n) is 3.40. The lowest BCUT2D eigenvalue weighted by molar-refractivity contribution is 0.170. The van der Waals surface area contributed by atoms with E-state index in [1.54, 1.807) is 0 Å². The van der Waals surface area contributed by atoms with E-state index in [0.29, 0.717) is 23.8 Å². The quantitative estimate of drug-likeness (QED) is 0.861. The Morgan fingerprint density at radius 3 is 2.68 bits per heavy atom. The number of hydrogen-bond donors (Lipinski definition) is 2. The Bertz CT molecular complexity index is 510. The summed E-state index contributed by atoms with van der Waals surface area (Å²) < 4.78 is 11.1. The van der Waals surface area contributed by atoms with Gasteiger partial charge in [0.25, 0.3) is 0 Å². The molecule has 0 spiro atoms. The Morgan fingerprint density at radius 2 is 2.00 bits per heavy atom. The van der Waals surface area contributed by atoms with Crippen molar-refractivity contribution in [1.82, 2.24) is 0 Å². The molecule has 1 aromatic rings. The molecular weight excluding hydrogens is 244 g/mol. The lowest BCUT2D eigenvalue weighted by atomic mass is 9.74. The number of rotatable bonds is 2. The fourth-order valence-corrected chi connectivity index (χ4v) is 3.40. The molecule has 2 N–H and O–H groups in total. The van der Waals surface area contributed by atoms with Crippen LogP contribution >= 0.6 is 0 Å². The van der Waals surface area contributed by atoms with E-state index in [4.69, 9.17) is 9.47 Å². The topological polar surface area (TPSA) is 58.9 Å². The van der Waals surface area contributed by atoms with Gasteiger partial charge in [0.05, 0.1) is 0 Å². The van der Waals surface area contributed by atoms with Crippen molar-refractivity contribution >= 4 is 0 Å². The van der Waals surface area contributed by atoms with E-state index >= 15 is 0 Å². The van der Waals surface area contributed by atoms with Crippen LogP contribution in [0.5, 0.6) is 17.2 Å². The van der Waals surface area contributed by atoms with Crippen LogP contribution in [0.1, 0.15) is 42.4 Å². The predicted molar refractivity (Wildman–Crippen MR) is 70.9 cm³/mol. The van der Waals surface area contributed by atoms with Gasteiger partial charge < -0.3 is 19.7 Å². The van der Waals surface area contributed by atoms with Crippen LogP contribution in [0.25, 0.3) is 0 Å². The van der Waals surface area contributed by atoms with E-state index in [0.717, 1.165) is 35.3 Å². The lowest BCUT2D eigenvalue weighted by Crippen LogP contribution is -2.22. The second-order valence-electron chi connectivity index (χ2n) is 5.52. The number of hydrogen-bond acceptors (Lipinski definition) is 4. The molecule has 0 saturated heterocycles. The molecule has 0 radical (unpaired) electrons. The minimum absolute atomic E-state index is 0.170. The molecule has 19 heavy (non-hydrogen) atoms. The smallest absolute Gasteiger partial charge is 0.231 e. The number of phenols is 1. The molecule has 4 heteroatoms. The molecule has 4 nitrogen and oxygen atoms in total. The van der Waals surface area contributed by atoms with Crippen molar-refractivity contribution in [3.8, 4) is 17.2 Å². The molecule has 0 fully saturated rings. The minimum Gasteiger partial charge on any atom is -0.507 e. The summed E-state index contributed by atoms with van der Waals surface area (Å²) >= 11 is 0. The first-order valence-corrected chi connectivity index (χ1v) is 6.92. The van der Waals surface area contributed by atoms with Crippen LogP contribution in [-0.2, 0) is 6.42 Å². The van der Waals surface area contributed by atoms with Gasteiger partial charge in [-0.15, -0.1) is 0 Å². The molecular formula is C15H20O4. The molecule has 104 valence electrons. The predicted octanol–water partition coefficient (Wildman–Crippen LogP) is 2.48. The Hall–Kier alpha value is -1.42. The van der Waals surface area contributed by atoms with Crippen molar-refractivity contribution in [3.05, 3.63) is 16.7 Å². The maximum absolute atomic E-state index is 10.4. The van der Waals surface area contributed by atoms with Crippen LogP contribution in [0.3, 0.4) is 0 Å². The molecule has 0 amide bonds. The highest BCUT2D eigenvalue weighted by molar-refractivity contribution is 5.64. The summed E-state index contributed by atoms with van der Waals surface area (Å²) in [7, 11) is 0. The van der Waals surface area contributed by atoms with Crippen molar-refractivity contribution in [3.63, 3.8) is 0 Å². The van der Waals surface area contributed by atoms with E-state index in [1.165, 1.54) is 0 Å². The highest BCUT2D eigenvalue weighted by atomic mass is 16.7. The summed E-state index contributed by atoms with van der Waals surface area (Å²) in [5.74, 6) is 2.37. The molecule has 1 heterocycles. The van der Waals surface area contributed by atoms with Crippen molar-refractivity contribution in [2.45, 2.75) is 39.0 Å². The largest absolute Gasteiger partial charge is 0.507 e. The Labute approximate surface area is 113 Å². The lowest BCUT2D eigenvalue weighted by Gasteiger charge is -2.32. The van der Waals surface area contributed by atoms with Crippen molar-refractivity contribution < 1.29 is 19.7 Å². The molecule has 2 atom stereocenters. The number of aromatic hydroxyl groups is 1. The van der Waals surface area contributed by atoms with E-state index < -0.39 is 0 Å². The average Bonchev–Trinajstić information content (AvgIpc) is 2.92. The number of aliphatic hydroxyl groups excluding tert-OH is 1. The van der Waals surface area contributed by atoms with Crippen LogP contribution in [0.4, 0.5) is 0 Å². The van der Waals surface area contributed by atoms with E-state index in [1.807, 2.05) is 6.92 Å². The van der Waals surface area contributed by atoms with Gasteiger partial charge in [-0.3, -0.25) is 0 Å². The number of benzene rings is 1. The summed E-state index contributed by atoms with van der Waals surface area (Å²) in [4.78, 5) is 0. The number of phenolic OH excluding ortho intramolecular Hbond substituents is 1. The Balaban J connectivity index is 2.20. The normalized spacial score (nSPS) is 24.4. The zero-order valence-electron chi connectivity index (χ0n) is 11.4. The zero-order valence-corrected chi connectivity index (χ0v) is 11.4. The average molecular weight is 264 g/mol. The van der Waals surface area contributed by atoms with Crippen LogP contribution < -0.4 is 9.47 Å². The maximum atomic E-state index is 10.4. The molecule has 0 bridgehead atoms. The van der Waals surface area contributed by atoms with Gasteiger partial charge in [-0.1, -0.05) is 6.92 Å². The minimum atomic E-state index is 0.170. The first-order chi connectivity index (χ1) is 9.17. The second-order valence-corrected chi connectivity index (χ2v) is 5.52. The van der Waals surface area contributed by atoms with Gasteiger partial charge in [0.1, 0.15) is 5.75 Å². The first kappa shape index (κ1) is 12.6. The maximum Gasteiger partial charge on any atom is 0.231 e. The summed E-state index contributed by atoms with van der Waals surface area (Å²) in [6.07, 6.45) is 2.63. The number of ether oxygens (including phenoxy) is 2. The van der Waals surface area contributed by atoms with Gasteiger partial charge in [0.2, 0.25) is 6.79 Å². The highest BCUT2D eigenvalue weighted by Crippen LogP contribution is 2.53. The van der Waals surface area contributed by atoms with E-state index in [2.05, 4.69) is 6.92 Å². The molecule has 2 aliphatic rings. The standard InChI is InChI=1S/C15H20O4/c1-3-10-4-9(6-16)5-11-12(10)15-14(18-7-19-15)8(2)13(11)17/h9-10,16-17H,3-7H2,1-2H3/t9-,10+/m0/s1. The Morgan fingerprint density at radius 1 is 1.26 bits per heavy atom. The SMILES string of the molecule is CC[C@@H]1C[C@H](CO)Cc2c(O)c(C)c3c(c21)OCO3. The molecule has 1 aliphatic heterocycles. The van der Waals surface area contributed by atoms with Gasteiger partial charge in [0, 0.05) is 23.3 Å². The molecule has 0 unspecified atom stereocenters. The van der Waals surface area contributed by atoms with Crippen molar-refractivity contribution in [2.24, 2.45) is 5.92 Å². The molecule has 0 saturated carbocycles. The third kappa shape index (κ3) is 1.77. The summed E-state index contributed by atoms with van der Waals surface area (Å²) in [6, 6.07) is 0. The van der Waals surface area contributed by atoms with Gasteiger partial charge >= 0.3 is 0 Å². The Kier molecular flexibility index (Phi) is 3.05. The van der Waals surface area contributed by atoms with Gasteiger partial charge in [0.15, 0.2) is 11.5 Å². The van der Waals surface area contributed by atoms with Gasteiger partial charge in [-0.05, 0) is 38.0 Å². The van der Waals surface area contributed by atoms with Crippen LogP contribution in [0, 0.1) is 12.8 Å². The van der Waals surface area contributed by atoms with E-state index in [-0.39, 0.29) is 19.3 Å². The van der Waals surface area contributed by atoms with Gasteiger partial charge in [-0.25, -0.2) is 0 Å². The highest BCUT2D eigenvalue weighted by Gasteiger charge is 2.35. The third-order valence-electron chi connectivity index (χ3n) is 4.43.